The standard InChI is InChI=1S/C13H22N2O5S/c1-9-15(11(8-21-9)12(17)18)13(19)14-4-2-10(3-5-14)20-7-6-16/h9-11,16H,2-8H2,1H3,(H,17,18). The predicted octanol–water partition coefficient (Wildman–Crippen LogP) is 0.428. The van der Waals surface area contributed by atoms with Crippen LogP contribution in [-0.2, 0) is 9.53 Å². The fourth-order valence-electron chi connectivity index (χ4n) is 2.72. The summed E-state index contributed by atoms with van der Waals surface area (Å²) in [6.07, 6.45) is 1.51. The summed E-state index contributed by atoms with van der Waals surface area (Å²) in [6, 6.07) is -0.929. The maximum atomic E-state index is 12.5. The van der Waals surface area contributed by atoms with Crippen LogP contribution in [0.5, 0.6) is 0 Å². The van der Waals surface area contributed by atoms with Crippen LogP contribution >= 0.6 is 11.8 Å². The van der Waals surface area contributed by atoms with Crippen LogP contribution < -0.4 is 0 Å². The monoisotopic (exact) mass is 318 g/mol. The molecule has 2 saturated heterocycles. The molecule has 2 fully saturated rings. The SMILES string of the molecule is CC1SCC(C(=O)O)N1C(=O)N1CCC(OCCO)CC1. The first-order chi connectivity index (χ1) is 10.0. The third kappa shape index (κ3) is 3.81. The molecular formula is C13H22N2O5S. The summed E-state index contributed by atoms with van der Waals surface area (Å²) >= 11 is 1.49. The van der Waals surface area contributed by atoms with Gasteiger partial charge in [0, 0.05) is 18.8 Å². The summed E-state index contributed by atoms with van der Waals surface area (Å²) in [5.74, 6) is -0.500. The highest BCUT2D eigenvalue weighted by Crippen LogP contribution is 2.30. The molecule has 21 heavy (non-hydrogen) atoms. The fraction of sp³-hybridized carbons (Fsp3) is 0.846. The number of hydrogen-bond acceptors (Lipinski definition) is 5. The van der Waals surface area contributed by atoms with E-state index >= 15 is 0 Å². The van der Waals surface area contributed by atoms with Crippen LogP contribution in [0.1, 0.15) is 19.8 Å². The molecule has 2 aliphatic rings. The number of ether oxygens (including phenoxy) is 1. The Hall–Kier alpha value is -0.990. The molecule has 2 rings (SSSR count). The van der Waals surface area contributed by atoms with Gasteiger partial charge in [0.15, 0.2) is 0 Å². The highest BCUT2D eigenvalue weighted by Gasteiger charge is 2.41. The van der Waals surface area contributed by atoms with Gasteiger partial charge in [-0.05, 0) is 19.8 Å². The zero-order valence-electron chi connectivity index (χ0n) is 12.1. The Bertz CT molecular complexity index is 387. The van der Waals surface area contributed by atoms with Crippen LogP contribution in [0.4, 0.5) is 4.79 Å². The van der Waals surface area contributed by atoms with Crippen LogP contribution in [0.3, 0.4) is 0 Å². The van der Waals surface area contributed by atoms with Gasteiger partial charge in [0.1, 0.15) is 6.04 Å². The first-order valence-electron chi connectivity index (χ1n) is 7.18. The molecule has 0 saturated carbocycles. The topological polar surface area (TPSA) is 90.3 Å². The molecule has 0 spiro atoms. The Morgan fingerprint density at radius 3 is 2.57 bits per heavy atom. The van der Waals surface area contributed by atoms with Crippen molar-refractivity contribution < 1.29 is 24.5 Å². The number of nitrogens with zero attached hydrogens (tertiary/aromatic N) is 2. The van der Waals surface area contributed by atoms with Crippen molar-refractivity contribution in [2.75, 3.05) is 32.1 Å². The predicted molar refractivity (Wildman–Crippen MR) is 78.2 cm³/mol. The number of amides is 2. The van der Waals surface area contributed by atoms with Crippen molar-refractivity contribution in [1.82, 2.24) is 9.80 Å². The van der Waals surface area contributed by atoms with Gasteiger partial charge in [-0.15, -0.1) is 11.8 Å². The van der Waals surface area contributed by atoms with Crippen LogP contribution in [-0.4, -0.2) is 81.6 Å². The second-order valence-corrected chi connectivity index (χ2v) is 6.61. The minimum absolute atomic E-state index is 0.00194. The number of aliphatic carboxylic acids is 1. The van der Waals surface area contributed by atoms with Gasteiger partial charge in [-0.25, -0.2) is 9.59 Å². The average molecular weight is 318 g/mol. The van der Waals surface area contributed by atoms with Gasteiger partial charge in [-0.3, -0.25) is 4.90 Å². The Balaban J connectivity index is 1.90. The highest BCUT2D eigenvalue weighted by molar-refractivity contribution is 8.00. The smallest absolute Gasteiger partial charge is 0.327 e. The van der Waals surface area contributed by atoms with Crippen LogP contribution in [0, 0.1) is 0 Å². The number of rotatable bonds is 4. The van der Waals surface area contributed by atoms with Crippen molar-refractivity contribution in [3.63, 3.8) is 0 Å². The van der Waals surface area contributed by atoms with E-state index in [0.717, 1.165) is 12.8 Å². The Morgan fingerprint density at radius 2 is 2.00 bits per heavy atom. The Labute approximate surface area is 128 Å². The molecular weight excluding hydrogens is 296 g/mol. The van der Waals surface area contributed by atoms with E-state index < -0.39 is 12.0 Å². The van der Waals surface area contributed by atoms with Gasteiger partial charge in [0.05, 0.1) is 24.7 Å². The lowest BCUT2D eigenvalue weighted by atomic mass is 10.1. The van der Waals surface area contributed by atoms with E-state index in [9.17, 15) is 14.7 Å². The molecule has 0 aliphatic carbocycles. The number of carboxylic acids is 1. The lowest BCUT2D eigenvalue weighted by Crippen LogP contribution is -2.53. The lowest BCUT2D eigenvalue weighted by molar-refractivity contribution is -0.141. The van der Waals surface area contributed by atoms with Gasteiger partial charge in [-0.2, -0.15) is 0 Å². The number of carbonyl (C=O) groups is 2. The average Bonchev–Trinajstić information content (AvgIpc) is 2.87. The van der Waals surface area contributed by atoms with Gasteiger partial charge in [0.2, 0.25) is 0 Å². The number of thioether (sulfide) groups is 1. The largest absolute Gasteiger partial charge is 0.480 e. The second-order valence-electron chi connectivity index (χ2n) is 5.26. The van der Waals surface area contributed by atoms with Crippen molar-refractivity contribution in [2.24, 2.45) is 0 Å². The van der Waals surface area contributed by atoms with Crippen LogP contribution in [0.25, 0.3) is 0 Å². The van der Waals surface area contributed by atoms with Crippen LogP contribution in [0.2, 0.25) is 0 Å². The maximum absolute atomic E-state index is 12.5. The minimum atomic E-state index is -0.943. The second kappa shape index (κ2) is 7.33. The number of carbonyl (C=O) groups excluding carboxylic acids is 1. The van der Waals surface area contributed by atoms with E-state index in [1.165, 1.54) is 16.7 Å². The summed E-state index contributed by atoms with van der Waals surface area (Å²) in [5, 5.41) is 17.8. The van der Waals surface area contributed by atoms with Crippen molar-refractivity contribution in [3.05, 3.63) is 0 Å². The molecule has 2 unspecified atom stereocenters. The summed E-state index contributed by atoms with van der Waals surface area (Å²) in [6.45, 7) is 3.31. The van der Waals surface area contributed by atoms with Crippen molar-refractivity contribution in [1.29, 1.82) is 0 Å². The molecule has 2 atom stereocenters. The lowest BCUT2D eigenvalue weighted by Gasteiger charge is -2.36. The van der Waals surface area contributed by atoms with Gasteiger partial charge in [-0.1, -0.05) is 0 Å². The molecule has 2 N–H and O–H groups in total. The minimum Gasteiger partial charge on any atom is -0.480 e. The van der Waals surface area contributed by atoms with Crippen LogP contribution in [0.15, 0.2) is 0 Å². The van der Waals surface area contributed by atoms with Crippen molar-refractivity contribution in [3.8, 4) is 0 Å². The molecule has 2 heterocycles. The zero-order valence-corrected chi connectivity index (χ0v) is 12.9. The van der Waals surface area contributed by atoms with Gasteiger partial charge < -0.3 is 19.8 Å². The Morgan fingerprint density at radius 1 is 1.33 bits per heavy atom. The first-order valence-corrected chi connectivity index (χ1v) is 8.23. The highest BCUT2D eigenvalue weighted by atomic mass is 32.2. The van der Waals surface area contributed by atoms with Gasteiger partial charge >= 0.3 is 12.0 Å². The van der Waals surface area contributed by atoms with E-state index in [1.54, 1.807) is 4.90 Å². The summed E-state index contributed by atoms with van der Waals surface area (Å²) in [5.41, 5.74) is 0. The number of aliphatic hydroxyl groups is 1. The molecule has 0 aromatic heterocycles. The fourth-order valence-corrected chi connectivity index (χ4v) is 3.88. The molecule has 8 heteroatoms. The van der Waals surface area contributed by atoms with E-state index in [2.05, 4.69) is 0 Å². The molecule has 2 amide bonds. The van der Waals surface area contributed by atoms with E-state index in [1.807, 2.05) is 6.92 Å². The quantitative estimate of drug-likeness (QED) is 0.781. The molecule has 120 valence electrons. The maximum Gasteiger partial charge on any atom is 0.327 e. The third-order valence-electron chi connectivity index (χ3n) is 3.89. The third-order valence-corrected chi connectivity index (χ3v) is 5.10. The number of piperidine rings is 1. The summed E-state index contributed by atoms with van der Waals surface area (Å²) in [7, 11) is 0. The first kappa shape index (κ1) is 16.4. The van der Waals surface area contributed by atoms with E-state index in [4.69, 9.17) is 9.84 Å². The summed E-state index contributed by atoms with van der Waals surface area (Å²) in [4.78, 5) is 27.0. The normalized spacial score (nSPS) is 27.1. The number of likely N-dealkylation sites (tertiary alicyclic amines) is 1. The molecule has 7 nitrogen and oxygen atoms in total. The number of urea groups is 1. The van der Waals surface area contributed by atoms with Gasteiger partial charge in [0.25, 0.3) is 0 Å². The van der Waals surface area contributed by atoms with Crippen molar-refractivity contribution in [2.45, 2.75) is 37.3 Å². The number of hydrogen-bond donors (Lipinski definition) is 2. The van der Waals surface area contributed by atoms with E-state index in [0.29, 0.717) is 25.4 Å². The summed E-state index contributed by atoms with van der Waals surface area (Å²) < 4.78 is 5.47. The zero-order chi connectivity index (χ0) is 15.4. The molecule has 0 radical (unpaired) electrons. The van der Waals surface area contributed by atoms with E-state index in [-0.39, 0.29) is 24.1 Å². The number of carboxylic acid groups (broad SMARTS) is 1. The molecule has 0 aromatic carbocycles. The number of aliphatic hydroxyl groups excluding tert-OH is 1. The Kier molecular flexibility index (Phi) is 5.72. The van der Waals surface area contributed by atoms with Crippen molar-refractivity contribution >= 4 is 23.8 Å². The molecule has 2 aliphatic heterocycles. The molecule has 0 aromatic rings. The molecule has 0 bridgehead atoms.